The number of nitrogens with one attached hydrogen (secondary N) is 1. The highest BCUT2D eigenvalue weighted by Crippen LogP contribution is 2.24. The van der Waals surface area contributed by atoms with E-state index < -0.39 is 34.8 Å². The topological polar surface area (TPSA) is 165 Å². The number of nitrogens with two attached hydrogens (primary N) is 1. The first-order chi connectivity index (χ1) is 13.3. The number of primary amides is 1. The molecule has 0 aliphatic carbocycles. The van der Waals surface area contributed by atoms with Crippen molar-refractivity contribution in [3.8, 4) is 0 Å². The zero-order valence-corrected chi connectivity index (χ0v) is 14.6. The largest absolute Gasteiger partial charge is 0.445 e. The van der Waals surface area contributed by atoms with E-state index in [-0.39, 0.29) is 24.3 Å². The fourth-order valence-corrected chi connectivity index (χ4v) is 2.35. The van der Waals surface area contributed by atoms with Gasteiger partial charge in [0.25, 0.3) is 5.69 Å². The fourth-order valence-electron chi connectivity index (χ4n) is 2.35. The Balaban J connectivity index is 1.96. The number of benzene rings is 2. The number of alkyl carbamates (subject to hydrolysis) is 1. The summed E-state index contributed by atoms with van der Waals surface area (Å²) in [6.07, 6.45) is -3.92. The summed E-state index contributed by atoms with van der Waals surface area (Å²) in [7, 11) is 0. The third-order valence-electron chi connectivity index (χ3n) is 3.81. The standard InChI is InChI=1S/C18H19N3O7/c19-17(24)13-6-12(7-14(8-13)21(26)27)16(23)15(22)9-20-18(25)28-10-11-4-2-1-3-5-11/h1-8,15-16,22-23H,9-10H2,(H2,19,24)(H,20,25). The van der Waals surface area contributed by atoms with Gasteiger partial charge in [-0.05, 0) is 17.2 Å². The summed E-state index contributed by atoms with van der Waals surface area (Å²) in [4.78, 5) is 33.2. The molecule has 2 unspecified atom stereocenters. The molecule has 0 saturated heterocycles. The Bertz CT molecular complexity index is 825. The van der Waals surface area contributed by atoms with Gasteiger partial charge in [-0.1, -0.05) is 30.3 Å². The summed E-state index contributed by atoms with van der Waals surface area (Å²) in [5.74, 6) is -0.922. The molecule has 10 heteroatoms. The van der Waals surface area contributed by atoms with Crippen molar-refractivity contribution in [3.05, 3.63) is 75.3 Å². The molecular formula is C18H19N3O7. The Morgan fingerprint density at radius 3 is 2.46 bits per heavy atom. The van der Waals surface area contributed by atoms with Crippen LogP contribution >= 0.6 is 0 Å². The Morgan fingerprint density at radius 2 is 1.86 bits per heavy atom. The molecule has 5 N–H and O–H groups in total. The van der Waals surface area contributed by atoms with Crippen molar-refractivity contribution in [1.82, 2.24) is 5.32 Å². The number of rotatable bonds is 8. The van der Waals surface area contributed by atoms with E-state index >= 15 is 0 Å². The highest BCUT2D eigenvalue weighted by atomic mass is 16.6. The molecule has 2 aromatic carbocycles. The van der Waals surface area contributed by atoms with E-state index in [1.807, 2.05) is 6.07 Å². The van der Waals surface area contributed by atoms with Gasteiger partial charge in [-0.3, -0.25) is 14.9 Å². The van der Waals surface area contributed by atoms with Crippen molar-refractivity contribution in [2.45, 2.75) is 18.8 Å². The number of non-ortho nitro benzene ring substituents is 1. The number of carbonyl (C=O) groups is 2. The first-order valence-electron chi connectivity index (χ1n) is 8.17. The molecule has 2 rings (SSSR count). The maximum absolute atomic E-state index is 11.7. The number of ether oxygens (including phenoxy) is 1. The highest BCUT2D eigenvalue weighted by molar-refractivity contribution is 5.93. The summed E-state index contributed by atoms with van der Waals surface area (Å²) >= 11 is 0. The molecule has 28 heavy (non-hydrogen) atoms. The van der Waals surface area contributed by atoms with Gasteiger partial charge >= 0.3 is 6.09 Å². The molecule has 0 aromatic heterocycles. The highest BCUT2D eigenvalue weighted by Gasteiger charge is 2.23. The molecule has 0 radical (unpaired) electrons. The molecule has 0 aliphatic rings. The van der Waals surface area contributed by atoms with Crippen molar-refractivity contribution in [1.29, 1.82) is 0 Å². The van der Waals surface area contributed by atoms with Gasteiger partial charge in [0, 0.05) is 24.2 Å². The van der Waals surface area contributed by atoms with E-state index in [2.05, 4.69) is 5.32 Å². The van der Waals surface area contributed by atoms with E-state index in [4.69, 9.17) is 10.5 Å². The van der Waals surface area contributed by atoms with Crippen LogP contribution in [0.5, 0.6) is 0 Å². The molecule has 0 bridgehead atoms. The minimum absolute atomic E-state index is 0.0260. The van der Waals surface area contributed by atoms with Gasteiger partial charge in [0.2, 0.25) is 5.91 Å². The van der Waals surface area contributed by atoms with Crippen molar-refractivity contribution < 1.29 is 29.5 Å². The average Bonchev–Trinajstić information content (AvgIpc) is 2.70. The van der Waals surface area contributed by atoms with Crippen molar-refractivity contribution in [3.63, 3.8) is 0 Å². The Labute approximate surface area is 159 Å². The number of nitro benzene ring substituents is 1. The maximum Gasteiger partial charge on any atom is 0.407 e. The lowest BCUT2D eigenvalue weighted by Crippen LogP contribution is -2.35. The molecule has 2 amide bonds. The molecule has 2 atom stereocenters. The van der Waals surface area contributed by atoms with Gasteiger partial charge in [-0.2, -0.15) is 0 Å². The van der Waals surface area contributed by atoms with E-state index in [9.17, 15) is 29.9 Å². The number of carbonyl (C=O) groups excluding carboxylic acids is 2. The molecule has 0 fully saturated rings. The number of aliphatic hydroxyl groups is 2. The van der Waals surface area contributed by atoms with Gasteiger partial charge in [0.1, 0.15) is 18.8 Å². The van der Waals surface area contributed by atoms with Crippen LogP contribution in [0.1, 0.15) is 27.6 Å². The van der Waals surface area contributed by atoms with Crippen molar-refractivity contribution in [2.24, 2.45) is 5.73 Å². The maximum atomic E-state index is 11.7. The lowest BCUT2D eigenvalue weighted by molar-refractivity contribution is -0.385. The van der Waals surface area contributed by atoms with Crippen LogP contribution in [0.2, 0.25) is 0 Å². The summed E-state index contributed by atoms with van der Waals surface area (Å²) in [5, 5.41) is 33.5. The quantitative estimate of drug-likeness (QED) is 0.386. The Hall–Kier alpha value is -3.50. The lowest BCUT2D eigenvalue weighted by atomic mass is 10.0. The van der Waals surface area contributed by atoms with E-state index in [1.54, 1.807) is 24.3 Å². The summed E-state index contributed by atoms with van der Waals surface area (Å²) in [5.41, 5.74) is 5.16. The normalized spacial score (nSPS) is 12.6. The molecule has 148 valence electrons. The van der Waals surface area contributed by atoms with E-state index in [0.29, 0.717) is 0 Å². The number of aliphatic hydroxyl groups excluding tert-OH is 2. The second kappa shape index (κ2) is 9.44. The van der Waals surface area contributed by atoms with Crippen LogP contribution in [-0.4, -0.2) is 39.8 Å². The van der Waals surface area contributed by atoms with Crippen LogP contribution in [0.15, 0.2) is 48.5 Å². The molecule has 0 saturated carbocycles. The first kappa shape index (κ1) is 20.8. The Morgan fingerprint density at radius 1 is 1.18 bits per heavy atom. The van der Waals surface area contributed by atoms with Gasteiger partial charge < -0.3 is 26.0 Å². The average molecular weight is 389 g/mol. The molecule has 10 nitrogen and oxygen atoms in total. The smallest absolute Gasteiger partial charge is 0.407 e. The number of nitrogens with zero attached hydrogens (tertiary/aromatic N) is 1. The summed E-state index contributed by atoms with van der Waals surface area (Å²) < 4.78 is 4.97. The van der Waals surface area contributed by atoms with E-state index in [1.165, 1.54) is 0 Å². The monoisotopic (exact) mass is 389 g/mol. The SMILES string of the molecule is NC(=O)c1cc(C(O)C(O)CNC(=O)OCc2ccccc2)cc([N+](=O)[O-])c1. The van der Waals surface area contributed by atoms with Crippen LogP contribution in [0.4, 0.5) is 10.5 Å². The second-order valence-electron chi connectivity index (χ2n) is 5.89. The zero-order valence-electron chi connectivity index (χ0n) is 14.6. The van der Waals surface area contributed by atoms with Crippen LogP contribution < -0.4 is 11.1 Å². The van der Waals surface area contributed by atoms with E-state index in [0.717, 1.165) is 23.8 Å². The molecule has 2 aromatic rings. The zero-order chi connectivity index (χ0) is 20.7. The predicted octanol–water partition coefficient (Wildman–Crippen LogP) is 1.01. The minimum Gasteiger partial charge on any atom is -0.445 e. The minimum atomic E-state index is -1.60. The molecule has 0 heterocycles. The van der Waals surface area contributed by atoms with Crippen LogP contribution in [0, 0.1) is 10.1 Å². The third-order valence-corrected chi connectivity index (χ3v) is 3.81. The van der Waals surface area contributed by atoms with Crippen LogP contribution in [0.25, 0.3) is 0 Å². The van der Waals surface area contributed by atoms with Crippen LogP contribution in [0.3, 0.4) is 0 Å². The van der Waals surface area contributed by atoms with Gasteiger partial charge in [0.15, 0.2) is 0 Å². The number of amides is 2. The molecule has 0 aliphatic heterocycles. The molecular weight excluding hydrogens is 370 g/mol. The predicted molar refractivity (Wildman–Crippen MR) is 97.2 cm³/mol. The van der Waals surface area contributed by atoms with Gasteiger partial charge in [0.05, 0.1) is 4.92 Å². The number of hydrogen-bond donors (Lipinski definition) is 4. The Kier molecular flexibility index (Phi) is 7.02. The first-order valence-corrected chi connectivity index (χ1v) is 8.17. The number of nitro groups is 1. The lowest BCUT2D eigenvalue weighted by Gasteiger charge is -2.19. The number of hydrogen-bond acceptors (Lipinski definition) is 7. The second-order valence-corrected chi connectivity index (χ2v) is 5.89. The third kappa shape index (κ3) is 5.76. The molecule has 0 spiro atoms. The van der Waals surface area contributed by atoms with Crippen LogP contribution in [-0.2, 0) is 11.3 Å². The van der Waals surface area contributed by atoms with Gasteiger partial charge in [-0.25, -0.2) is 4.79 Å². The van der Waals surface area contributed by atoms with Crippen molar-refractivity contribution in [2.75, 3.05) is 6.54 Å². The van der Waals surface area contributed by atoms with Gasteiger partial charge in [-0.15, -0.1) is 0 Å². The summed E-state index contributed by atoms with van der Waals surface area (Å²) in [6.45, 7) is -0.360. The van der Waals surface area contributed by atoms with Crippen molar-refractivity contribution >= 4 is 17.7 Å². The summed E-state index contributed by atoms with van der Waals surface area (Å²) in [6, 6.07) is 12.0. The fraction of sp³-hybridized carbons (Fsp3) is 0.222.